The second kappa shape index (κ2) is 8.11. The molecule has 0 aromatic carbocycles. The lowest BCUT2D eigenvalue weighted by molar-refractivity contribution is -0.109. The van der Waals surface area contributed by atoms with E-state index in [4.69, 9.17) is 4.43 Å². The summed E-state index contributed by atoms with van der Waals surface area (Å²) in [4.78, 5) is 10.8. The van der Waals surface area contributed by atoms with Gasteiger partial charge in [-0.1, -0.05) is 53.4 Å². The zero-order chi connectivity index (χ0) is 14.2. The van der Waals surface area contributed by atoms with Crippen LogP contribution in [0.5, 0.6) is 0 Å². The zero-order valence-corrected chi connectivity index (χ0v) is 14.2. The normalized spacial score (nSPS) is 14.6. The van der Waals surface area contributed by atoms with Crippen molar-refractivity contribution in [2.75, 3.05) is 0 Å². The smallest absolute Gasteiger partial charge is 0.192 e. The van der Waals surface area contributed by atoms with Gasteiger partial charge in [0.15, 0.2) is 8.32 Å². The van der Waals surface area contributed by atoms with Crippen LogP contribution in [-0.4, -0.2) is 20.7 Å². The Morgan fingerprint density at radius 1 is 1.17 bits per heavy atom. The molecule has 0 fully saturated rings. The molecule has 0 N–H and O–H groups in total. The van der Waals surface area contributed by atoms with Gasteiger partial charge in [-0.15, -0.1) is 0 Å². The zero-order valence-electron chi connectivity index (χ0n) is 13.2. The lowest BCUT2D eigenvalue weighted by Crippen LogP contribution is -2.44. The summed E-state index contributed by atoms with van der Waals surface area (Å²) in [6, 6.07) is 0. The van der Waals surface area contributed by atoms with Gasteiger partial charge in [0.1, 0.15) is 6.29 Å². The van der Waals surface area contributed by atoms with Gasteiger partial charge >= 0.3 is 0 Å². The van der Waals surface area contributed by atoms with Crippen LogP contribution in [0.1, 0.15) is 66.2 Å². The minimum Gasteiger partial charge on any atom is -0.414 e. The van der Waals surface area contributed by atoms with Crippen LogP contribution in [0.15, 0.2) is 0 Å². The summed E-state index contributed by atoms with van der Waals surface area (Å²) in [6.45, 7) is 13.5. The predicted molar refractivity (Wildman–Crippen MR) is 81.5 cm³/mol. The van der Waals surface area contributed by atoms with Crippen LogP contribution in [0.3, 0.4) is 0 Å². The molecule has 0 saturated heterocycles. The first-order valence-electron chi connectivity index (χ1n) is 7.36. The summed E-state index contributed by atoms with van der Waals surface area (Å²) in [7, 11) is -1.73. The average Bonchev–Trinajstić information content (AvgIpc) is 2.22. The molecule has 0 radical (unpaired) electrons. The van der Waals surface area contributed by atoms with Crippen LogP contribution in [-0.2, 0) is 9.22 Å². The van der Waals surface area contributed by atoms with Gasteiger partial charge in [0.2, 0.25) is 0 Å². The van der Waals surface area contributed by atoms with E-state index in [1.165, 1.54) is 25.7 Å². The van der Waals surface area contributed by atoms with Crippen LogP contribution in [0, 0.1) is 0 Å². The van der Waals surface area contributed by atoms with Gasteiger partial charge in [-0.25, -0.2) is 0 Å². The molecule has 0 amide bonds. The number of carbonyl (C=O) groups is 1. The molecule has 0 spiro atoms. The van der Waals surface area contributed by atoms with Crippen molar-refractivity contribution in [1.29, 1.82) is 0 Å². The summed E-state index contributed by atoms with van der Waals surface area (Å²) in [5.41, 5.74) is 0. The van der Waals surface area contributed by atoms with Gasteiger partial charge in [-0.3, -0.25) is 0 Å². The van der Waals surface area contributed by atoms with Gasteiger partial charge in [-0.2, -0.15) is 0 Å². The molecule has 0 rings (SSSR count). The van der Waals surface area contributed by atoms with E-state index in [0.29, 0.717) is 6.42 Å². The van der Waals surface area contributed by atoms with E-state index in [1.807, 2.05) is 0 Å². The molecule has 0 unspecified atom stereocenters. The summed E-state index contributed by atoms with van der Waals surface area (Å²) < 4.78 is 6.33. The van der Waals surface area contributed by atoms with Crippen LogP contribution in [0.25, 0.3) is 0 Å². The minimum absolute atomic E-state index is 0.139. The molecular formula is C15H32O2Si. The molecule has 0 aliphatic carbocycles. The van der Waals surface area contributed by atoms with Gasteiger partial charge in [-0.05, 0) is 24.6 Å². The molecule has 3 heteroatoms. The Morgan fingerprint density at radius 2 is 1.78 bits per heavy atom. The molecule has 2 nitrogen and oxygen atoms in total. The Balaban J connectivity index is 4.30. The van der Waals surface area contributed by atoms with Crippen molar-refractivity contribution in [2.45, 2.75) is 90.5 Å². The van der Waals surface area contributed by atoms with Crippen molar-refractivity contribution in [3.05, 3.63) is 0 Å². The highest BCUT2D eigenvalue weighted by molar-refractivity contribution is 6.74. The number of rotatable bonds is 9. The Hall–Kier alpha value is -0.153. The van der Waals surface area contributed by atoms with Crippen molar-refractivity contribution < 1.29 is 9.22 Å². The second-order valence-corrected chi connectivity index (χ2v) is 11.5. The second-order valence-electron chi connectivity index (χ2n) is 6.75. The number of aldehydes is 1. The Bertz CT molecular complexity index is 231. The monoisotopic (exact) mass is 272 g/mol. The molecule has 0 heterocycles. The molecule has 1 atom stereocenters. The van der Waals surface area contributed by atoms with Crippen LogP contribution < -0.4 is 0 Å². The van der Waals surface area contributed by atoms with E-state index in [9.17, 15) is 4.79 Å². The van der Waals surface area contributed by atoms with E-state index in [1.54, 1.807) is 0 Å². The lowest BCUT2D eigenvalue weighted by atomic mass is 10.1. The first-order valence-corrected chi connectivity index (χ1v) is 10.3. The molecule has 0 aliphatic rings. The Labute approximate surface area is 115 Å². The van der Waals surface area contributed by atoms with Crippen molar-refractivity contribution in [2.24, 2.45) is 0 Å². The highest BCUT2D eigenvalue weighted by Gasteiger charge is 2.38. The summed E-state index contributed by atoms with van der Waals surface area (Å²) in [5.74, 6) is 0. The molecule has 108 valence electrons. The van der Waals surface area contributed by atoms with Crippen molar-refractivity contribution >= 4 is 14.6 Å². The van der Waals surface area contributed by atoms with E-state index in [-0.39, 0.29) is 11.1 Å². The maximum Gasteiger partial charge on any atom is 0.192 e. The molecule has 0 aromatic heterocycles. The van der Waals surface area contributed by atoms with Gasteiger partial charge < -0.3 is 9.22 Å². The van der Waals surface area contributed by atoms with E-state index in [2.05, 4.69) is 40.8 Å². The van der Waals surface area contributed by atoms with Crippen LogP contribution >= 0.6 is 0 Å². The Morgan fingerprint density at radius 3 is 2.22 bits per heavy atom. The third kappa shape index (κ3) is 6.69. The van der Waals surface area contributed by atoms with Crippen molar-refractivity contribution in [3.8, 4) is 0 Å². The summed E-state index contributed by atoms with van der Waals surface area (Å²) >= 11 is 0. The molecule has 0 aromatic rings. The van der Waals surface area contributed by atoms with Crippen LogP contribution in [0.4, 0.5) is 0 Å². The van der Waals surface area contributed by atoms with Gasteiger partial charge in [0.25, 0.3) is 0 Å². The largest absolute Gasteiger partial charge is 0.414 e. The standard InChI is InChI=1S/C15H32O2Si/c1-7-8-9-10-11-14(12-13-16)17-18(5,6)15(2,3)4/h13-14H,7-12H2,1-6H3/t14-/m1/s1. The average molecular weight is 273 g/mol. The predicted octanol–water partition coefficient (Wildman–Crippen LogP) is 4.94. The highest BCUT2D eigenvalue weighted by atomic mass is 28.4. The molecule has 0 aliphatic heterocycles. The fraction of sp³-hybridized carbons (Fsp3) is 0.933. The summed E-state index contributed by atoms with van der Waals surface area (Å²) in [5, 5.41) is 0.220. The highest BCUT2D eigenvalue weighted by Crippen LogP contribution is 2.38. The maximum absolute atomic E-state index is 10.8. The van der Waals surface area contributed by atoms with E-state index in [0.717, 1.165) is 12.7 Å². The quantitative estimate of drug-likeness (QED) is 0.338. The van der Waals surface area contributed by atoms with E-state index < -0.39 is 8.32 Å². The molecular weight excluding hydrogens is 240 g/mol. The topological polar surface area (TPSA) is 26.3 Å². The molecule has 0 saturated carbocycles. The third-order valence-corrected chi connectivity index (χ3v) is 8.54. The number of unbranched alkanes of at least 4 members (excludes halogenated alkanes) is 3. The lowest BCUT2D eigenvalue weighted by Gasteiger charge is -2.39. The maximum atomic E-state index is 10.8. The minimum atomic E-state index is -1.73. The fourth-order valence-electron chi connectivity index (χ4n) is 1.72. The Kier molecular flexibility index (Phi) is 8.04. The van der Waals surface area contributed by atoms with Crippen molar-refractivity contribution in [1.82, 2.24) is 0 Å². The summed E-state index contributed by atoms with van der Waals surface area (Å²) in [6.07, 6.45) is 7.71. The SMILES string of the molecule is CCCCCC[C@H](CC=O)O[Si](C)(C)C(C)(C)C. The van der Waals surface area contributed by atoms with Gasteiger partial charge in [0, 0.05) is 6.42 Å². The van der Waals surface area contributed by atoms with Gasteiger partial charge in [0.05, 0.1) is 6.10 Å². The third-order valence-electron chi connectivity index (χ3n) is 4.01. The number of hydrogen-bond donors (Lipinski definition) is 0. The number of hydrogen-bond acceptors (Lipinski definition) is 2. The fourth-order valence-corrected chi connectivity index (χ4v) is 3.13. The van der Waals surface area contributed by atoms with E-state index >= 15 is 0 Å². The first-order chi connectivity index (χ1) is 8.24. The van der Waals surface area contributed by atoms with Crippen LogP contribution in [0.2, 0.25) is 18.1 Å². The first kappa shape index (κ1) is 17.8. The molecule has 0 bridgehead atoms. The number of carbonyl (C=O) groups excluding carboxylic acids is 1. The van der Waals surface area contributed by atoms with Crippen molar-refractivity contribution in [3.63, 3.8) is 0 Å². The molecule has 18 heavy (non-hydrogen) atoms.